The molecule has 0 unspecified atom stereocenters. The summed E-state index contributed by atoms with van der Waals surface area (Å²) in [6, 6.07) is 62.9. The number of rotatable bonds is 3. The van der Waals surface area contributed by atoms with Gasteiger partial charge in [0.25, 0.3) is 0 Å². The van der Waals surface area contributed by atoms with E-state index >= 15 is 0 Å². The van der Waals surface area contributed by atoms with Gasteiger partial charge in [0.15, 0.2) is 0 Å². The Morgan fingerprint density at radius 2 is 0.917 bits per heavy atom. The number of benzene rings is 7. The zero-order valence-electron chi connectivity index (χ0n) is 27.1. The molecule has 3 heterocycles. The molecule has 0 N–H and O–H groups in total. The molecule has 0 saturated carbocycles. The van der Waals surface area contributed by atoms with Gasteiger partial charge in [-0.2, -0.15) is 0 Å². The van der Waals surface area contributed by atoms with Gasteiger partial charge in [0.1, 0.15) is 0 Å². The zero-order valence-corrected chi connectivity index (χ0v) is 27.1. The van der Waals surface area contributed by atoms with Crippen LogP contribution < -0.4 is 4.90 Å². The lowest BCUT2D eigenvalue weighted by Gasteiger charge is -2.46. The first-order valence-electron chi connectivity index (χ1n) is 16.9. The number of hydrogen-bond acceptors (Lipinski definition) is 1. The van der Waals surface area contributed by atoms with Gasteiger partial charge >= 0.3 is 0 Å². The number of anilines is 3. The highest BCUT2D eigenvalue weighted by molar-refractivity contribution is 6.13. The molecule has 0 saturated heterocycles. The minimum atomic E-state index is -0.487. The topological polar surface area (TPSA) is 8.17 Å². The zero-order chi connectivity index (χ0) is 32.0. The Bertz CT molecular complexity index is 2450. The molecule has 228 valence electrons. The monoisotopic (exact) mass is 614 g/mol. The van der Waals surface area contributed by atoms with Gasteiger partial charge < -0.3 is 9.47 Å². The third-order valence-corrected chi connectivity index (χ3v) is 11.0. The van der Waals surface area contributed by atoms with Gasteiger partial charge in [-0.1, -0.05) is 147 Å². The summed E-state index contributed by atoms with van der Waals surface area (Å²) in [4.78, 5) is 2.52. The first-order valence-corrected chi connectivity index (χ1v) is 16.9. The Kier molecular flexibility index (Phi) is 5.58. The predicted molar refractivity (Wildman–Crippen MR) is 199 cm³/mol. The highest BCUT2D eigenvalue weighted by Crippen LogP contribution is 2.58. The molecule has 2 heteroatoms. The van der Waals surface area contributed by atoms with E-state index in [9.17, 15) is 0 Å². The number of nitrogens with zero attached hydrogens (tertiary/aromatic N) is 2. The van der Waals surface area contributed by atoms with E-state index in [4.69, 9.17) is 0 Å². The van der Waals surface area contributed by atoms with Crippen molar-refractivity contribution in [2.75, 3.05) is 4.90 Å². The van der Waals surface area contributed by atoms with Crippen molar-refractivity contribution in [3.05, 3.63) is 203 Å². The lowest BCUT2D eigenvalue weighted by Crippen LogP contribution is -2.37. The maximum Gasteiger partial charge on any atom is 0.0742 e. The molecule has 7 aromatic carbocycles. The van der Waals surface area contributed by atoms with Gasteiger partial charge in [-0.25, -0.2) is 0 Å². The standard InChI is InChI=1S/C46H34N2/c1-45(2)36-22-10-14-26-41(36)48-40-25-13-9-21-34(40)35-29-33(30-39(45)44(35)48)47-42-27-15-11-23-37(42)46(31-17-5-3-6-18-31,32-19-7-4-8-20-32)38-24-12-16-28-43(38)47/h3-30H,1-2H3. The van der Waals surface area contributed by atoms with Gasteiger partial charge in [-0.3, -0.25) is 0 Å². The molecule has 0 fully saturated rings. The second-order valence-corrected chi connectivity index (χ2v) is 13.7. The second kappa shape index (κ2) is 9.82. The summed E-state index contributed by atoms with van der Waals surface area (Å²) in [7, 11) is 0. The molecule has 2 aliphatic rings. The molecule has 10 rings (SSSR count). The minimum absolute atomic E-state index is 0.193. The van der Waals surface area contributed by atoms with Crippen molar-refractivity contribution in [1.29, 1.82) is 0 Å². The number of para-hydroxylation sites is 4. The lowest BCUT2D eigenvalue weighted by molar-refractivity contribution is 0.630. The van der Waals surface area contributed by atoms with Crippen LogP contribution in [0.1, 0.15) is 47.2 Å². The summed E-state index contributed by atoms with van der Waals surface area (Å²) in [5.41, 5.74) is 14.5. The number of fused-ring (bicyclic) bond motifs is 7. The van der Waals surface area contributed by atoms with Crippen LogP contribution in [-0.4, -0.2) is 4.57 Å². The van der Waals surface area contributed by atoms with E-state index in [2.05, 4.69) is 193 Å². The van der Waals surface area contributed by atoms with Crippen LogP contribution in [0.5, 0.6) is 0 Å². The molecular weight excluding hydrogens is 581 g/mol. The van der Waals surface area contributed by atoms with E-state index in [0.717, 1.165) is 0 Å². The predicted octanol–water partition coefficient (Wildman–Crippen LogP) is 11.6. The van der Waals surface area contributed by atoms with Crippen LogP contribution in [0.25, 0.3) is 27.5 Å². The van der Waals surface area contributed by atoms with E-state index in [0.29, 0.717) is 0 Å². The summed E-state index contributed by atoms with van der Waals surface area (Å²) >= 11 is 0. The van der Waals surface area contributed by atoms with Crippen molar-refractivity contribution in [3.63, 3.8) is 0 Å². The second-order valence-electron chi connectivity index (χ2n) is 13.7. The normalized spacial score (nSPS) is 15.2. The van der Waals surface area contributed by atoms with Crippen LogP contribution in [0.4, 0.5) is 17.1 Å². The third-order valence-electron chi connectivity index (χ3n) is 11.0. The minimum Gasteiger partial charge on any atom is -0.310 e. The Labute approximate surface area is 281 Å². The van der Waals surface area contributed by atoms with Crippen LogP contribution in [0.3, 0.4) is 0 Å². The number of hydrogen-bond donors (Lipinski definition) is 0. The Morgan fingerprint density at radius 3 is 1.54 bits per heavy atom. The van der Waals surface area contributed by atoms with Crippen LogP contribution in [0, 0.1) is 0 Å². The summed E-state index contributed by atoms with van der Waals surface area (Å²) in [6.45, 7) is 4.78. The molecular formula is C46H34N2. The SMILES string of the molecule is CC1(C)c2ccccc2-n2c3ccccc3c3cc(N4c5ccccc5C(c5ccccc5)(c5ccccc5)c5ccccc54)cc1c32. The first kappa shape index (κ1) is 27.3. The van der Waals surface area contributed by atoms with E-state index in [1.165, 1.54) is 77.9 Å². The lowest BCUT2D eigenvalue weighted by atomic mass is 9.62. The van der Waals surface area contributed by atoms with E-state index in [-0.39, 0.29) is 5.41 Å². The average molecular weight is 615 g/mol. The third kappa shape index (κ3) is 3.42. The van der Waals surface area contributed by atoms with Crippen molar-refractivity contribution < 1.29 is 0 Å². The van der Waals surface area contributed by atoms with Crippen molar-refractivity contribution in [1.82, 2.24) is 4.57 Å². The van der Waals surface area contributed by atoms with Crippen molar-refractivity contribution >= 4 is 38.9 Å². The summed E-state index contributed by atoms with van der Waals surface area (Å²) in [5.74, 6) is 0. The van der Waals surface area contributed by atoms with Crippen LogP contribution >= 0.6 is 0 Å². The molecule has 0 atom stereocenters. The van der Waals surface area contributed by atoms with E-state index in [1.54, 1.807) is 0 Å². The highest BCUT2D eigenvalue weighted by atomic mass is 15.2. The van der Waals surface area contributed by atoms with E-state index < -0.39 is 5.41 Å². The van der Waals surface area contributed by atoms with Gasteiger partial charge in [0.2, 0.25) is 0 Å². The van der Waals surface area contributed by atoms with Gasteiger partial charge in [-0.15, -0.1) is 0 Å². The van der Waals surface area contributed by atoms with Crippen LogP contribution in [-0.2, 0) is 10.8 Å². The Hall–Kier alpha value is -5.86. The quantitative estimate of drug-likeness (QED) is 0.192. The van der Waals surface area contributed by atoms with Crippen molar-refractivity contribution in [2.45, 2.75) is 24.7 Å². The molecule has 0 amide bonds. The Morgan fingerprint density at radius 1 is 0.417 bits per heavy atom. The van der Waals surface area contributed by atoms with Crippen LogP contribution in [0.15, 0.2) is 170 Å². The van der Waals surface area contributed by atoms with Gasteiger partial charge in [0, 0.05) is 21.9 Å². The molecule has 1 aromatic heterocycles. The first-order chi connectivity index (χ1) is 23.6. The molecule has 8 aromatic rings. The molecule has 0 spiro atoms. The van der Waals surface area contributed by atoms with Crippen LogP contribution in [0.2, 0.25) is 0 Å². The largest absolute Gasteiger partial charge is 0.310 e. The summed E-state index contributed by atoms with van der Waals surface area (Å²) in [5, 5.41) is 2.57. The molecule has 0 aliphatic carbocycles. The smallest absolute Gasteiger partial charge is 0.0742 e. The summed E-state index contributed by atoms with van der Waals surface area (Å²) in [6.07, 6.45) is 0. The molecule has 2 aliphatic heterocycles. The molecule has 0 radical (unpaired) electrons. The van der Waals surface area contributed by atoms with Crippen molar-refractivity contribution in [3.8, 4) is 5.69 Å². The highest BCUT2D eigenvalue weighted by Gasteiger charge is 2.46. The number of aromatic nitrogens is 1. The fraction of sp³-hybridized carbons (Fsp3) is 0.0870. The maximum absolute atomic E-state index is 2.52. The van der Waals surface area contributed by atoms with Gasteiger partial charge in [0.05, 0.1) is 33.5 Å². The Balaban J connectivity index is 1.33. The fourth-order valence-electron chi connectivity index (χ4n) is 8.97. The molecule has 48 heavy (non-hydrogen) atoms. The molecule has 0 bridgehead atoms. The molecule has 2 nitrogen and oxygen atoms in total. The summed E-state index contributed by atoms with van der Waals surface area (Å²) < 4.78 is 2.50. The van der Waals surface area contributed by atoms with Gasteiger partial charge in [-0.05, 0) is 69.8 Å². The average Bonchev–Trinajstić information content (AvgIpc) is 3.48. The maximum atomic E-state index is 2.52. The van der Waals surface area contributed by atoms with Crippen molar-refractivity contribution in [2.24, 2.45) is 0 Å². The van der Waals surface area contributed by atoms with E-state index in [1.807, 2.05) is 0 Å². The fourth-order valence-corrected chi connectivity index (χ4v) is 8.97.